The number of alkyl halides is 1. The standard InChI is InChI=1S/C10H14BrClS/c1-6-5-7(13-9(6)11)8(12)10(2,3)4/h5,8H,1-4H3. The van der Waals surface area contributed by atoms with Gasteiger partial charge in [0.2, 0.25) is 0 Å². The summed E-state index contributed by atoms with van der Waals surface area (Å²) in [7, 11) is 0. The van der Waals surface area contributed by atoms with Crippen LogP contribution in [0.1, 0.15) is 36.6 Å². The van der Waals surface area contributed by atoms with Gasteiger partial charge in [-0.1, -0.05) is 20.8 Å². The Labute approximate surface area is 97.4 Å². The summed E-state index contributed by atoms with van der Waals surface area (Å²) in [4.78, 5) is 1.25. The van der Waals surface area contributed by atoms with E-state index in [0.29, 0.717) is 0 Å². The Hall–Kier alpha value is 0.470. The van der Waals surface area contributed by atoms with Crippen molar-refractivity contribution < 1.29 is 0 Å². The van der Waals surface area contributed by atoms with Crippen molar-refractivity contribution in [2.75, 3.05) is 0 Å². The molecule has 0 amide bonds. The lowest BCUT2D eigenvalue weighted by Crippen LogP contribution is -2.11. The lowest BCUT2D eigenvalue weighted by atomic mass is 9.91. The number of halogens is 2. The van der Waals surface area contributed by atoms with Gasteiger partial charge >= 0.3 is 0 Å². The quantitative estimate of drug-likeness (QED) is 0.625. The molecule has 0 saturated carbocycles. The Morgan fingerprint density at radius 2 is 2.00 bits per heavy atom. The minimum absolute atomic E-state index is 0.0995. The fraction of sp³-hybridized carbons (Fsp3) is 0.600. The molecule has 1 heterocycles. The molecule has 0 radical (unpaired) electrons. The van der Waals surface area contributed by atoms with Crippen molar-refractivity contribution in [3.8, 4) is 0 Å². The highest BCUT2D eigenvalue weighted by molar-refractivity contribution is 9.11. The molecule has 0 aliphatic carbocycles. The predicted octanol–water partition coefficient (Wildman–Crippen LogP) is 5.15. The van der Waals surface area contributed by atoms with Gasteiger partial charge in [-0.2, -0.15) is 0 Å². The highest BCUT2D eigenvalue weighted by Crippen LogP contribution is 2.43. The van der Waals surface area contributed by atoms with Crippen molar-refractivity contribution >= 4 is 38.9 Å². The predicted molar refractivity (Wildman–Crippen MR) is 64.8 cm³/mol. The zero-order valence-corrected chi connectivity index (χ0v) is 11.5. The zero-order chi connectivity index (χ0) is 10.2. The van der Waals surface area contributed by atoms with E-state index in [9.17, 15) is 0 Å². The Morgan fingerprint density at radius 1 is 1.46 bits per heavy atom. The molecule has 74 valence electrons. The van der Waals surface area contributed by atoms with E-state index >= 15 is 0 Å². The van der Waals surface area contributed by atoms with Gasteiger partial charge in [0.25, 0.3) is 0 Å². The van der Waals surface area contributed by atoms with Crippen LogP contribution in [0, 0.1) is 12.3 Å². The number of thiophene rings is 1. The largest absolute Gasteiger partial charge is 0.131 e. The molecule has 0 bridgehead atoms. The average Bonchev–Trinajstić information content (AvgIpc) is 2.29. The molecule has 0 aromatic carbocycles. The van der Waals surface area contributed by atoms with E-state index in [0.717, 1.165) is 0 Å². The maximum atomic E-state index is 6.36. The monoisotopic (exact) mass is 280 g/mol. The Morgan fingerprint density at radius 3 is 2.31 bits per heavy atom. The first-order valence-corrected chi connectivity index (χ1v) is 6.27. The summed E-state index contributed by atoms with van der Waals surface area (Å²) in [6, 6.07) is 2.16. The van der Waals surface area contributed by atoms with E-state index in [1.165, 1.54) is 14.2 Å². The normalized spacial score (nSPS) is 14.6. The van der Waals surface area contributed by atoms with Gasteiger partial charge in [0, 0.05) is 4.88 Å². The van der Waals surface area contributed by atoms with E-state index < -0.39 is 0 Å². The molecule has 0 N–H and O–H groups in total. The first kappa shape index (κ1) is 11.5. The number of hydrogen-bond acceptors (Lipinski definition) is 1. The molecule has 13 heavy (non-hydrogen) atoms. The number of hydrogen-bond donors (Lipinski definition) is 0. The summed E-state index contributed by atoms with van der Waals surface area (Å²) in [6.07, 6.45) is 0. The molecule has 0 fully saturated rings. The van der Waals surface area contributed by atoms with Crippen LogP contribution in [0.2, 0.25) is 0 Å². The zero-order valence-electron chi connectivity index (χ0n) is 8.32. The molecular weight excluding hydrogens is 268 g/mol. The van der Waals surface area contributed by atoms with Crippen molar-refractivity contribution in [3.05, 3.63) is 20.3 Å². The highest BCUT2D eigenvalue weighted by Gasteiger charge is 2.25. The lowest BCUT2D eigenvalue weighted by Gasteiger charge is -2.23. The van der Waals surface area contributed by atoms with E-state index in [2.05, 4.69) is 49.7 Å². The molecule has 0 aliphatic heterocycles. The summed E-state index contributed by atoms with van der Waals surface area (Å²) in [5, 5.41) is 0.0995. The van der Waals surface area contributed by atoms with Crippen LogP contribution in [0.5, 0.6) is 0 Å². The van der Waals surface area contributed by atoms with E-state index in [1.807, 2.05) is 0 Å². The van der Waals surface area contributed by atoms with Crippen LogP contribution >= 0.6 is 38.9 Å². The molecule has 1 aromatic rings. The minimum Gasteiger partial charge on any atom is -0.131 e. The van der Waals surface area contributed by atoms with E-state index in [1.54, 1.807) is 11.3 Å². The number of rotatable bonds is 1. The smallest absolute Gasteiger partial charge is 0.0731 e. The van der Waals surface area contributed by atoms with Crippen LogP contribution in [0.4, 0.5) is 0 Å². The molecule has 1 unspecified atom stereocenters. The van der Waals surface area contributed by atoms with Crippen LogP contribution in [-0.4, -0.2) is 0 Å². The number of aryl methyl sites for hydroxylation is 1. The molecular formula is C10H14BrClS. The van der Waals surface area contributed by atoms with Crippen LogP contribution in [0.15, 0.2) is 9.85 Å². The summed E-state index contributed by atoms with van der Waals surface area (Å²) in [5.41, 5.74) is 1.40. The third-order valence-electron chi connectivity index (χ3n) is 1.89. The summed E-state index contributed by atoms with van der Waals surface area (Å²) in [5.74, 6) is 0. The fourth-order valence-corrected chi connectivity index (χ4v) is 3.03. The first-order valence-electron chi connectivity index (χ1n) is 4.22. The lowest BCUT2D eigenvalue weighted by molar-refractivity contribution is 0.399. The van der Waals surface area contributed by atoms with Gasteiger partial charge in [-0.15, -0.1) is 22.9 Å². The first-order chi connectivity index (χ1) is 5.82. The van der Waals surface area contributed by atoms with Crippen LogP contribution < -0.4 is 0 Å². The van der Waals surface area contributed by atoms with Crippen LogP contribution in [0.25, 0.3) is 0 Å². The average molecular weight is 282 g/mol. The second kappa shape index (κ2) is 3.92. The van der Waals surface area contributed by atoms with Gasteiger partial charge in [-0.3, -0.25) is 0 Å². The fourth-order valence-electron chi connectivity index (χ4n) is 1.04. The van der Waals surface area contributed by atoms with Gasteiger partial charge in [0.05, 0.1) is 9.16 Å². The Balaban J connectivity index is 2.96. The summed E-state index contributed by atoms with van der Waals surface area (Å²) >= 11 is 11.6. The van der Waals surface area contributed by atoms with Gasteiger partial charge in [0.1, 0.15) is 0 Å². The van der Waals surface area contributed by atoms with Crippen molar-refractivity contribution in [2.45, 2.75) is 33.1 Å². The minimum atomic E-state index is 0.0995. The maximum Gasteiger partial charge on any atom is 0.0731 e. The van der Waals surface area contributed by atoms with Crippen LogP contribution in [-0.2, 0) is 0 Å². The SMILES string of the molecule is Cc1cc(C(Cl)C(C)(C)C)sc1Br. The van der Waals surface area contributed by atoms with Gasteiger partial charge in [-0.25, -0.2) is 0 Å². The molecule has 0 aliphatic rings. The van der Waals surface area contributed by atoms with Crippen molar-refractivity contribution in [1.29, 1.82) is 0 Å². The third kappa shape index (κ3) is 2.71. The molecule has 0 nitrogen and oxygen atoms in total. The van der Waals surface area contributed by atoms with Crippen LogP contribution in [0.3, 0.4) is 0 Å². The maximum absolute atomic E-state index is 6.36. The van der Waals surface area contributed by atoms with Crippen molar-refractivity contribution in [1.82, 2.24) is 0 Å². The molecule has 0 spiro atoms. The summed E-state index contributed by atoms with van der Waals surface area (Å²) < 4.78 is 1.19. The Bertz CT molecular complexity index is 279. The topological polar surface area (TPSA) is 0 Å². The second-order valence-electron chi connectivity index (χ2n) is 4.33. The van der Waals surface area contributed by atoms with E-state index in [4.69, 9.17) is 11.6 Å². The summed E-state index contributed by atoms with van der Waals surface area (Å²) in [6.45, 7) is 8.57. The van der Waals surface area contributed by atoms with Gasteiger partial charge < -0.3 is 0 Å². The molecule has 1 atom stereocenters. The Kier molecular flexibility index (Phi) is 3.48. The van der Waals surface area contributed by atoms with E-state index in [-0.39, 0.29) is 10.8 Å². The molecule has 0 saturated heterocycles. The second-order valence-corrected chi connectivity index (χ2v) is 7.17. The highest BCUT2D eigenvalue weighted by atomic mass is 79.9. The van der Waals surface area contributed by atoms with Crippen molar-refractivity contribution in [3.63, 3.8) is 0 Å². The molecule has 1 aromatic heterocycles. The van der Waals surface area contributed by atoms with Gasteiger partial charge in [0.15, 0.2) is 0 Å². The third-order valence-corrected chi connectivity index (χ3v) is 5.11. The van der Waals surface area contributed by atoms with Crippen molar-refractivity contribution in [2.24, 2.45) is 5.41 Å². The van der Waals surface area contributed by atoms with Gasteiger partial charge in [-0.05, 0) is 39.9 Å². The molecule has 3 heteroatoms. The molecule has 1 rings (SSSR count).